The molecule has 0 radical (unpaired) electrons. The van der Waals surface area contributed by atoms with Crippen molar-refractivity contribution in [2.45, 2.75) is 32.6 Å². The van der Waals surface area contributed by atoms with Crippen LogP contribution < -0.4 is 11.1 Å². The number of carbonyl (C=O) groups excluding carboxylic acids is 2. The van der Waals surface area contributed by atoms with Crippen molar-refractivity contribution in [1.29, 1.82) is 0 Å². The highest BCUT2D eigenvalue weighted by atomic mass is 32.1. The van der Waals surface area contributed by atoms with Gasteiger partial charge in [0.2, 0.25) is 11.8 Å². The summed E-state index contributed by atoms with van der Waals surface area (Å²) in [7, 11) is 0. The molecule has 0 aliphatic heterocycles. The Morgan fingerprint density at radius 3 is 2.78 bits per heavy atom. The molecule has 0 atom stereocenters. The molecule has 2 amide bonds. The number of nitrogens with one attached hydrogen (secondary N) is 1. The maximum atomic E-state index is 11.8. The van der Waals surface area contributed by atoms with E-state index in [-0.39, 0.29) is 5.91 Å². The minimum atomic E-state index is -0.905. The Labute approximate surface area is 110 Å². The molecule has 5 nitrogen and oxygen atoms in total. The minimum Gasteiger partial charge on any atom is -0.369 e. The lowest BCUT2D eigenvalue weighted by atomic mass is 10.1. The van der Waals surface area contributed by atoms with Crippen LogP contribution in [0.15, 0.2) is 5.38 Å². The van der Waals surface area contributed by atoms with E-state index in [1.54, 1.807) is 11.3 Å². The average Bonchev–Trinajstić information content (AvgIpc) is 3.04. The van der Waals surface area contributed by atoms with Crippen LogP contribution in [0.4, 0.5) is 0 Å². The summed E-state index contributed by atoms with van der Waals surface area (Å²) in [6, 6.07) is 0. The van der Waals surface area contributed by atoms with E-state index < -0.39 is 11.3 Å². The summed E-state index contributed by atoms with van der Waals surface area (Å²) in [6.07, 6.45) is 2.84. The number of primary amides is 1. The molecule has 3 N–H and O–H groups in total. The second-order valence-corrected chi connectivity index (χ2v) is 5.63. The van der Waals surface area contributed by atoms with Gasteiger partial charge in [-0.15, -0.1) is 11.3 Å². The van der Waals surface area contributed by atoms with Gasteiger partial charge < -0.3 is 11.1 Å². The zero-order valence-electron chi connectivity index (χ0n) is 10.4. The number of thiazole rings is 1. The zero-order valence-corrected chi connectivity index (χ0v) is 11.2. The van der Waals surface area contributed by atoms with Crippen LogP contribution in [0.5, 0.6) is 0 Å². The van der Waals surface area contributed by atoms with Gasteiger partial charge in [-0.25, -0.2) is 4.98 Å². The summed E-state index contributed by atoms with van der Waals surface area (Å²) < 4.78 is 0. The van der Waals surface area contributed by atoms with Gasteiger partial charge in [0.1, 0.15) is 5.41 Å². The molecule has 1 aromatic heterocycles. The molecule has 1 aliphatic carbocycles. The summed E-state index contributed by atoms with van der Waals surface area (Å²) in [6.45, 7) is 2.53. The number of hydrogen-bond donors (Lipinski definition) is 2. The maximum Gasteiger partial charge on any atom is 0.235 e. The fraction of sp³-hybridized carbons (Fsp3) is 0.583. The van der Waals surface area contributed by atoms with Crippen LogP contribution in [0.1, 0.15) is 30.0 Å². The first-order valence-electron chi connectivity index (χ1n) is 6.04. The standard InChI is InChI=1S/C12H17N3O2S/c1-8-7-18-9(15-8)3-2-6-14-11(17)12(4-5-12)10(13)16/h7H,2-6H2,1H3,(H2,13,16)(H,14,17). The predicted molar refractivity (Wildman–Crippen MR) is 69.0 cm³/mol. The van der Waals surface area contributed by atoms with Crippen molar-refractivity contribution in [1.82, 2.24) is 10.3 Å². The third kappa shape index (κ3) is 2.69. The van der Waals surface area contributed by atoms with Crippen LogP contribution in [-0.2, 0) is 16.0 Å². The molecule has 18 heavy (non-hydrogen) atoms. The number of aryl methyl sites for hydroxylation is 2. The molecule has 1 aromatic rings. The van der Waals surface area contributed by atoms with Crippen LogP contribution in [0.2, 0.25) is 0 Å². The molecule has 0 saturated heterocycles. The first kappa shape index (κ1) is 13.0. The topological polar surface area (TPSA) is 85.1 Å². The Kier molecular flexibility index (Phi) is 3.65. The molecule has 1 aliphatic rings. The minimum absolute atomic E-state index is 0.217. The lowest BCUT2D eigenvalue weighted by molar-refractivity contribution is -0.135. The summed E-state index contributed by atoms with van der Waals surface area (Å²) in [5.74, 6) is -0.721. The Bertz CT molecular complexity index is 466. The number of aromatic nitrogens is 1. The highest BCUT2D eigenvalue weighted by Gasteiger charge is 2.55. The molecule has 0 bridgehead atoms. The molecule has 0 unspecified atom stereocenters. The molecule has 2 rings (SSSR count). The van der Waals surface area contributed by atoms with Gasteiger partial charge in [0.15, 0.2) is 0 Å². The van der Waals surface area contributed by atoms with E-state index >= 15 is 0 Å². The summed E-state index contributed by atoms with van der Waals surface area (Å²) >= 11 is 1.63. The lowest BCUT2D eigenvalue weighted by Gasteiger charge is -2.10. The molecule has 1 fully saturated rings. The molecular weight excluding hydrogens is 250 g/mol. The Morgan fingerprint density at radius 2 is 2.28 bits per heavy atom. The van der Waals surface area contributed by atoms with Crippen LogP contribution in [0, 0.1) is 12.3 Å². The van der Waals surface area contributed by atoms with Gasteiger partial charge in [0.25, 0.3) is 0 Å². The fourth-order valence-electron chi connectivity index (χ4n) is 1.84. The molecular formula is C12H17N3O2S. The summed E-state index contributed by atoms with van der Waals surface area (Å²) in [5, 5.41) is 5.88. The van der Waals surface area contributed by atoms with Crippen molar-refractivity contribution in [2.75, 3.05) is 6.54 Å². The van der Waals surface area contributed by atoms with E-state index in [9.17, 15) is 9.59 Å². The van der Waals surface area contributed by atoms with Crippen molar-refractivity contribution in [3.05, 3.63) is 16.1 Å². The molecule has 98 valence electrons. The van der Waals surface area contributed by atoms with Crippen molar-refractivity contribution < 1.29 is 9.59 Å². The molecule has 0 aromatic carbocycles. The van der Waals surface area contributed by atoms with Gasteiger partial charge in [-0.1, -0.05) is 0 Å². The highest BCUT2D eigenvalue weighted by Crippen LogP contribution is 2.45. The van der Waals surface area contributed by atoms with Crippen molar-refractivity contribution >= 4 is 23.2 Å². The summed E-state index contributed by atoms with van der Waals surface area (Å²) in [4.78, 5) is 27.2. The van der Waals surface area contributed by atoms with Crippen molar-refractivity contribution in [3.8, 4) is 0 Å². The second kappa shape index (κ2) is 5.06. The van der Waals surface area contributed by atoms with E-state index in [0.717, 1.165) is 23.5 Å². The maximum absolute atomic E-state index is 11.8. The number of amides is 2. The number of hydrogen-bond acceptors (Lipinski definition) is 4. The highest BCUT2D eigenvalue weighted by molar-refractivity contribution is 7.09. The SMILES string of the molecule is Cc1csc(CCCNC(=O)C2(C(N)=O)CC2)n1. The van der Waals surface area contributed by atoms with Crippen LogP contribution >= 0.6 is 11.3 Å². The average molecular weight is 267 g/mol. The van der Waals surface area contributed by atoms with Gasteiger partial charge in [0, 0.05) is 24.0 Å². The third-order valence-electron chi connectivity index (χ3n) is 3.18. The molecule has 1 saturated carbocycles. The van der Waals surface area contributed by atoms with Crippen LogP contribution in [-0.4, -0.2) is 23.3 Å². The Balaban J connectivity index is 1.70. The number of rotatable bonds is 6. The Hall–Kier alpha value is -1.43. The monoisotopic (exact) mass is 267 g/mol. The Morgan fingerprint density at radius 1 is 1.56 bits per heavy atom. The van der Waals surface area contributed by atoms with Gasteiger partial charge >= 0.3 is 0 Å². The van der Waals surface area contributed by atoms with E-state index in [4.69, 9.17) is 5.73 Å². The van der Waals surface area contributed by atoms with Crippen LogP contribution in [0.3, 0.4) is 0 Å². The quantitative estimate of drug-likeness (QED) is 0.589. The van der Waals surface area contributed by atoms with E-state index in [2.05, 4.69) is 10.3 Å². The van der Waals surface area contributed by atoms with Gasteiger partial charge in [0.05, 0.1) is 5.01 Å². The first-order valence-corrected chi connectivity index (χ1v) is 6.92. The predicted octanol–water partition coefficient (Wildman–Crippen LogP) is 0.766. The largest absolute Gasteiger partial charge is 0.369 e. The van der Waals surface area contributed by atoms with Gasteiger partial charge in [-0.3, -0.25) is 9.59 Å². The number of nitrogens with two attached hydrogens (primary N) is 1. The smallest absolute Gasteiger partial charge is 0.235 e. The first-order chi connectivity index (χ1) is 8.54. The van der Waals surface area contributed by atoms with Gasteiger partial charge in [-0.05, 0) is 26.2 Å². The zero-order chi connectivity index (χ0) is 13.2. The van der Waals surface area contributed by atoms with Crippen LogP contribution in [0.25, 0.3) is 0 Å². The molecule has 6 heteroatoms. The summed E-state index contributed by atoms with van der Waals surface area (Å²) in [5.41, 5.74) is 5.35. The normalized spacial score (nSPS) is 16.3. The van der Waals surface area contributed by atoms with Crippen molar-refractivity contribution in [3.63, 3.8) is 0 Å². The van der Waals surface area contributed by atoms with E-state index in [1.165, 1.54) is 0 Å². The van der Waals surface area contributed by atoms with Crippen molar-refractivity contribution in [2.24, 2.45) is 11.1 Å². The number of carbonyl (C=O) groups is 2. The second-order valence-electron chi connectivity index (χ2n) is 4.69. The molecule has 0 spiro atoms. The number of nitrogens with zero attached hydrogens (tertiary/aromatic N) is 1. The lowest BCUT2D eigenvalue weighted by Crippen LogP contribution is -2.40. The third-order valence-corrected chi connectivity index (χ3v) is 4.20. The molecule has 1 heterocycles. The van der Waals surface area contributed by atoms with Gasteiger partial charge in [-0.2, -0.15) is 0 Å². The fourth-order valence-corrected chi connectivity index (χ4v) is 2.66. The van der Waals surface area contributed by atoms with E-state index in [1.807, 2.05) is 12.3 Å². The van der Waals surface area contributed by atoms with E-state index in [0.29, 0.717) is 19.4 Å².